The molecule has 0 aliphatic heterocycles. The summed E-state index contributed by atoms with van der Waals surface area (Å²) in [6.07, 6.45) is 1.00. The lowest BCUT2D eigenvalue weighted by atomic mass is 10.2. The Morgan fingerprint density at radius 3 is 2.48 bits per heavy atom. The minimum Gasteiger partial charge on any atom is -0.460 e. The maximum Gasteiger partial charge on any atom is 0.351 e. The van der Waals surface area contributed by atoms with Gasteiger partial charge in [0.05, 0.1) is 13.2 Å². The van der Waals surface area contributed by atoms with Crippen LogP contribution in [0.2, 0.25) is 18.1 Å². The number of thiol groups is 1. The molecule has 2 aromatic rings. The molecule has 1 heterocycles. The van der Waals surface area contributed by atoms with E-state index in [9.17, 15) is 9.59 Å². The van der Waals surface area contributed by atoms with Crippen molar-refractivity contribution in [1.82, 2.24) is 9.55 Å². The SMILES string of the molecule is CC(C)(C)[Si](C)(C)OCCO[C@@H](CS)n1ccc(NCC(=O)OCc2ccccc2)nc1=O. The molecule has 1 aromatic heterocycles. The minimum atomic E-state index is -1.85. The van der Waals surface area contributed by atoms with Gasteiger partial charge in [0, 0.05) is 11.9 Å². The first-order chi connectivity index (χ1) is 15.5. The predicted molar refractivity (Wildman–Crippen MR) is 135 cm³/mol. The van der Waals surface area contributed by atoms with Crippen LogP contribution < -0.4 is 11.0 Å². The van der Waals surface area contributed by atoms with E-state index >= 15 is 0 Å². The molecule has 0 fully saturated rings. The number of hydrogen-bond acceptors (Lipinski definition) is 8. The van der Waals surface area contributed by atoms with Gasteiger partial charge >= 0.3 is 11.7 Å². The third kappa shape index (κ3) is 8.62. The standard InChI is InChI=1S/C23H35N3O5SSi/c1-23(2,3)33(4,5)31-14-13-29-20(17-32)26-12-11-19(25-22(26)28)24-15-21(27)30-16-18-9-7-6-8-10-18/h6-12,20,32H,13-17H2,1-5H3,(H,24,25,28)/t20-/m0/s1. The summed E-state index contributed by atoms with van der Waals surface area (Å²) in [6, 6.07) is 11.0. The van der Waals surface area contributed by atoms with Crippen LogP contribution in [0.15, 0.2) is 47.4 Å². The summed E-state index contributed by atoms with van der Waals surface area (Å²) in [4.78, 5) is 28.4. The van der Waals surface area contributed by atoms with Gasteiger partial charge in [-0.2, -0.15) is 17.6 Å². The quantitative estimate of drug-likeness (QED) is 0.201. The van der Waals surface area contributed by atoms with Gasteiger partial charge in [0.15, 0.2) is 8.32 Å². The molecular formula is C23H35N3O5SSi. The molecule has 0 aliphatic rings. The molecule has 0 saturated heterocycles. The van der Waals surface area contributed by atoms with E-state index in [0.29, 0.717) is 19.0 Å². The van der Waals surface area contributed by atoms with Crippen LogP contribution in [-0.4, -0.2) is 49.3 Å². The number of carbonyl (C=O) groups excluding carboxylic acids is 1. The zero-order chi connectivity index (χ0) is 24.5. The van der Waals surface area contributed by atoms with Crippen molar-refractivity contribution >= 4 is 32.7 Å². The smallest absolute Gasteiger partial charge is 0.351 e. The van der Waals surface area contributed by atoms with Crippen LogP contribution in [0.25, 0.3) is 0 Å². The number of benzene rings is 1. The summed E-state index contributed by atoms with van der Waals surface area (Å²) in [5.41, 5.74) is 0.404. The number of carbonyl (C=O) groups is 1. The molecule has 33 heavy (non-hydrogen) atoms. The van der Waals surface area contributed by atoms with Crippen LogP contribution in [0, 0.1) is 0 Å². The monoisotopic (exact) mass is 493 g/mol. The van der Waals surface area contributed by atoms with Crippen LogP contribution in [0.4, 0.5) is 5.82 Å². The Bertz CT molecular complexity index is 947. The Morgan fingerprint density at radius 2 is 1.88 bits per heavy atom. The second-order valence-corrected chi connectivity index (χ2v) is 14.3. The molecule has 1 aromatic carbocycles. The second-order valence-electron chi connectivity index (χ2n) is 9.12. The molecule has 0 amide bonds. The van der Waals surface area contributed by atoms with Crippen molar-refractivity contribution in [2.75, 3.05) is 30.8 Å². The number of nitrogens with one attached hydrogen (secondary N) is 1. The molecule has 0 aliphatic carbocycles. The summed E-state index contributed by atoms with van der Waals surface area (Å²) < 4.78 is 18.5. The molecule has 0 saturated carbocycles. The van der Waals surface area contributed by atoms with E-state index in [1.165, 1.54) is 4.57 Å². The molecular weight excluding hydrogens is 458 g/mol. The van der Waals surface area contributed by atoms with Gasteiger partial charge in [-0.05, 0) is 29.8 Å². The summed E-state index contributed by atoms with van der Waals surface area (Å²) in [5.74, 6) is 0.149. The van der Waals surface area contributed by atoms with E-state index in [4.69, 9.17) is 13.9 Å². The number of nitrogens with zero attached hydrogens (tertiary/aromatic N) is 2. The predicted octanol–water partition coefficient (Wildman–Crippen LogP) is 3.87. The Kier molecular flexibility index (Phi) is 10.1. The first-order valence-corrected chi connectivity index (χ1v) is 14.5. The van der Waals surface area contributed by atoms with Crippen LogP contribution in [-0.2, 0) is 25.3 Å². The molecule has 0 spiro atoms. The molecule has 0 radical (unpaired) electrons. The van der Waals surface area contributed by atoms with E-state index in [2.05, 4.69) is 56.8 Å². The van der Waals surface area contributed by atoms with Gasteiger partial charge < -0.3 is 19.2 Å². The molecule has 1 atom stereocenters. The van der Waals surface area contributed by atoms with Gasteiger partial charge in [-0.1, -0.05) is 51.1 Å². The van der Waals surface area contributed by atoms with Gasteiger partial charge in [-0.3, -0.25) is 9.36 Å². The number of hydrogen-bond donors (Lipinski definition) is 2. The highest BCUT2D eigenvalue weighted by atomic mass is 32.1. The third-order valence-corrected chi connectivity index (χ3v) is 10.5. The summed E-state index contributed by atoms with van der Waals surface area (Å²) in [7, 11) is -1.85. The summed E-state index contributed by atoms with van der Waals surface area (Å²) in [6.45, 7) is 11.8. The van der Waals surface area contributed by atoms with Crippen molar-refractivity contribution in [1.29, 1.82) is 0 Å². The van der Waals surface area contributed by atoms with E-state index in [1.807, 2.05) is 30.3 Å². The Morgan fingerprint density at radius 1 is 1.18 bits per heavy atom. The normalized spacial score (nSPS) is 12.9. The summed E-state index contributed by atoms with van der Waals surface area (Å²) in [5, 5.41) is 2.93. The van der Waals surface area contributed by atoms with Crippen molar-refractivity contribution in [2.45, 2.75) is 51.7 Å². The summed E-state index contributed by atoms with van der Waals surface area (Å²) >= 11 is 4.31. The van der Waals surface area contributed by atoms with E-state index in [0.717, 1.165) is 5.56 Å². The maximum atomic E-state index is 12.5. The van der Waals surface area contributed by atoms with Crippen molar-refractivity contribution in [3.05, 3.63) is 58.6 Å². The zero-order valence-corrected chi connectivity index (χ0v) is 21.9. The lowest BCUT2D eigenvalue weighted by Gasteiger charge is -2.36. The molecule has 2 rings (SSSR count). The largest absolute Gasteiger partial charge is 0.460 e. The Labute approximate surface area is 202 Å². The third-order valence-electron chi connectivity index (χ3n) is 5.62. The fourth-order valence-electron chi connectivity index (χ4n) is 2.60. The molecule has 1 N–H and O–H groups in total. The van der Waals surface area contributed by atoms with Crippen molar-refractivity contribution in [3.63, 3.8) is 0 Å². The Hall–Kier alpha value is -2.14. The first kappa shape index (κ1) is 27.1. The highest BCUT2D eigenvalue weighted by Crippen LogP contribution is 2.36. The fourth-order valence-corrected chi connectivity index (χ4v) is 3.91. The number of esters is 1. The number of aromatic nitrogens is 2. The van der Waals surface area contributed by atoms with Crippen molar-refractivity contribution in [2.24, 2.45) is 0 Å². The highest BCUT2D eigenvalue weighted by molar-refractivity contribution is 7.80. The zero-order valence-electron chi connectivity index (χ0n) is 20.0. The number of rotatable bonds is 12. The van der Waals surface area contributed by atoms with E-state index < -0.39 is 26.2 Å². The number of anilines is 1. The lowest BCUT2D eigenvalue weighted by Crippen LogP contribution is -2.41. The van der Waals surface area contributed by atoms with E-state index in [-0.39, 0.29) is 24.0 Å². The molecule has 10 heteroatoms. The molecule has 0 bridgehead atoms. The van der Waals surface area contributed by atoms with Crippen LogP contribution in [0.3, 0.4) is 0 Å². The van der Waals surface area contributed by atoms with Gasteiger partial charge in [0.25, 0.3) is 0 Å². The average molecular weight is 494 g/mol. The molecule has 0 unspecified atom stereocenters. The highest BCUT2D eigenvalue weighted by Gasteiger charge is 2.36. The van der Waals surface area contributed by atoms with Gasteiger partial charge in [0.2, 0.25) is 0 Å². The Balaban J connectivity index is 1.83. The average Bonchev–Trinajstić information content (AvgIpc) is 2.77. The van der Waals surface area contributed by atoms with Crippen molar-refractivity contribution in [3.8, 4) is 0 Å². The topological polar surface area (TPSA) is 91.7 Å². The van der Waals surface area contributed by atoms with Gasteiger partial charge in [-0.15, -0.1) is 0 Å². The van der Waals surface area contributed by atoms with Gasteiger partial charge in [-0.25, -0.2) is 4.79 Å². The molecule has 8 nitrogen and oxygen atoms in total. The van der Waals surface area contributed by atoms with Crippen LogP contribution in [0.1, 0.15) is 32.6 Å². The lowest BCUT2D eigenvalue weighted by molar-refractivity contribution is -0.142. The van der Waals surface area contributed by atoms with Gasteiger partial charge in [0.1, 0.15) is 25.2 Å². The molecule has 182 valence electrons. The van der Waals surface area contributed by atoms with E-state index in [1.54, 1.807) is 12.3 Å². The number of ether oxygens (including phenoxy) is 2. The fraction of sp³-hybridized carbons (Fsp3) is 0.522. The first-order valence-electron chi connectivity index (χ1n) is 10.9. The second kappa shape index (κ2) is 12.4. The maximum absolute atomic E-state index is 12.5. The minimum absolute atomic E-state index is 0.0967. The van der Waals surface area contributed by atoms with Crippen molar-refractivity contribution < 1.29 is 18.7 Å². The van der Waals surface area contributed by atoms with Crippen LogP contribution in [0.5, 0.6) is 0 Å². The van der Waals surface area contributed by atoms with Crippen LogP contribution >= 0.6 is 12.6 Å².